The number of hydrogen-bond acceptors (Lipinski definition) is 2. The Kier molecular flexibility index (Phi) is 3.20. The van der Waals surface area contributed by atoms with Crippen LogP contribution in [0.3, 0.4) is 0 Å². The van der Waals surface area contributed by atoms with Gasteiger partial charge in [0, 0.05) is 0 Å². The molecule has 2 nitrogen and oxygen atoms in total. The number of carbonyl (C=O) groups excluding carboxylic acids is 1. The maximum atomic E-state index is 12.0. The van der Waals surface area contributed by atoms with E-state index in [2.05, 4.69) is 4.74 Å². The third kappa shape index (κ3) is 3.94. The molecule has 0 fully saturated rings. The van der Waals surface area contributed by atoms with E-state index in [1.54, 1.807) is 13.8 Å². The summed E-state index contributed by atoms with van der Waals surface area (Å²) in [6.07, 6.45) is -1.73. The normalized spacial score (nSPS) is 13.4. The molecule has 0 rings (SSSR count). The van der Waals surface area contributed by atoms with Gasteiger partial charge in [0.1, 0.15) is 0 Å². The molecule has 0 bridgehead atoms. The predicted octanol–water partition coefficient (Wildman–Crippen LogP) is 1.30. The minimum atomic E-state index is -1.51. The molecule has 0 saturated carbocycles. The van der Waals surface area contributed by atoms with Crippen molar-refractivity contribution >= 4 is 5.97 Å². The number of carbonyl (C=O) groups is 1. The zero-order chi connectivity index (χ0) is 7.44. The van der Waals surface area contributed by atoms with Crippen LogP contribution in [0, 0.1) is 0 Å². The number of hydrogen-bond donors (Lipinski definition) is 0. The van der Waals surface area contributed by atoms with Crippen molar-refractivity contribution in [2.75, 3.05) is 0 Å². The van der Waals surface area contributed by atoms with Crippen LogP contribution in [-0.4, -0.2) is 18.2 Å². The van der Waals surface area contributed by atoms with Gasteiger partial charge in [-0.2, -0.15) is 0 Å². The van der Waals surface area contributed by atoms with Crippen molar-refractivity contribution in [1.82, 2.24) is 0 Å². The summed E-state index contributed by atoms with van der Waals surface area (Å²) in [6, 6.07) is 0. The van der Waals surface area contributed by atoms with Crippen LogP contribution in [0.25, 0.3) is 0 Å². The van der Waals surface area contributed by atoms with Crippen LogP contribution in [0.15, 0.2) is 0 Å². The highest BCUT2D eigenvalue weighted by atomic mass is 19.1. The first-order valence-electron chi connectivity index (χ1n) is 2.88. The molecule has 1 atom stereocenters. The second kappa shape index (κ2) is 3.43. The molecule has 0 N–H and O–H groups in total. The van der Waals surface area contributed by atoms with E-state index < -0.39 is 12.1 Å². The number of rotatable bonds is 2. The van der Waals surface area contributed by atoms with Crippen molar-refractivity contribution in [3.05, 3.63) is 0 Å². The number of halogens is 1. The highest BCUT2D eigenvalue weighted by Gasteiger charge is 2.12. The van der Waals surface area contributed by atoms with Gasteiger partial charge in [0.15, 0.2) is 6.17 Å². The standard InChI is InChI=1S/C6H11FO2/c1-4(2)9-6(8)5(3)7/h4-5H,1-3H3/t5-/m1/s1. The van der Waals surface area contributed by atoms with Gasteiger partial charge in [-0.15, -0.1) is 0 Å². The second-order valence-corrected chi connectivity index (χ2v) is 2.10. The lowest BCUT2D eigenvalue weighted by Crippen LogP contribution is -2.19. The van der Waals surface area contributed by atoms with E-state index in [0.29, 0.717) is 0 Å². The molecule has 0 aliphatic carbocycles. The molecule has 0 aromatic heterocycles. The summed E-state index contributed by atoms with van der Waals surface area (Å²) in [7, 11) is 0. The van der Waals surface area contributed by atoms with Gasteiger partial charge in [-0.25, -0.2) is 9.18 Å². The molecule has 0 aliphatic heterocycles. The summed E-state index contributed by atoms with van der Waals surface area (Å²) in [5.74, 6) is -0.787. The smallest absolute Gasteiger partial charge is 0.340 e. The Morgan fingerprint density at radius 1 is 1.44 bits per heavy atom. The third-order valence-corrected chi connectivity index (χ3v) is 0.677. The molecule has 0 aromatic carbocycles. The van der Waals surface area contributed by atoms with Crippen LogP contribution < -0.4 is 0 Å². The molecular weight excluding hydrogens is 123 g/mol. The number of ether oxygens (including phenoxy) is 1. The van der Waals surface area contributed by atoms with Crippen LogP contribution >= 0.6 is 0 Å². The first-order valence-corrected chi connectivity index (χ1v) is 2.88. The fraction of sp³-hybridized carbons (Fsp3) is 0.833. The molecule has 0 aliphatic rings. The van der Waals surface area contributed by atoms with E-state index in [4.69, 9.17) is 0 Å². The van der Waals surface area contributed by atoms with Gasteiger partial charge < -0.3 is 4.74 Å². The third-order valence-electron chi connectivity index (χ3n) is 0.677. The fourth-order valence-electron chi connectivity index (χ4n) is 0.326. The van der Waals surface area contributed by atoms with Gasteiger partial charge in [0.25, 0.3) is 0 Å². The van der Waals surface area contributed by atoms with Gasteiger partial charge >= 0.3 is 5.97 Å². The Morgan fingerprint density at radius 3 is 2.00 bits per heavy atom. The van der Waals surface area contributed by atoms with Crippen LogP contribution in [-0.2, 0) is 9.53 Å². The SMILES string of the molecule is CC(C)OC(=O)[C@@H](C)F. The van der Waals surface area contributed by atoms with Crippen molar-refractivity contribution in [2.24, 2.45) is 0 Å². The Hall–Kier alpha value is -0.600. The number of alkyl halides is 1. The van der Waals surface area contributed by atoms with E-state index in [9.17, 15) is 9.18 Å². The molecular formula is C6H11FO2. The van der Waals surface area contributed by atoms with Crippen LogP contribution in [0.2, 0.25) is 0 Å². The summed E-state index contributed by atoms with van der Waals surface area (Å²) < 4.78 is 16.5. The topological polar surface area (TPSA) is 26.3 Å². The molecule has 0 saturated heterocycles. The maximum Gasteiger partial charge on any atom is 0.340 e. The minimum absolute atomic E-state index is 0.226. The Bertz CT molecular complexity index is 99.2. The quantitative estimate of drug-likeness (QED) is 0.532. The molecule has 3 heteroatoms. The van der Waals surface area contributed by atoms with Gasteiger partial charge in [-0.3, -0.25) is 0 Å². The maximum absolute atomic E-state index is 12.0. The Morgan fingerprint density at radius 2 is 1.89 bits per heavy atom. The monoisotopic (exact) mass is 134 g/mol. The van der Waals surface area contributed by atoms with Crippen molar-refractivity contribution < 1.29 is 13.9 Å². The molecule has 0 aromatic rings. The van der Waals surface area contributed by atoms with Gasteiger partial charge in [-0.05, 0) is 20.8 Å². The van der Waals surface area contributed by atoms with Gasteiger partial charge in [0.2, 0.25) is 0 Å². The largest absolute Gasteiger partial charge is 0.461 e. The van der Waals surface area contributed by atoms with Gasteiger partial charge in [0.05, 0.1) is 6.10 Å². The first kappa shape index (κ1) is 8.40. The Balaban J connectivity index is 3.51. The highest BCUT2D eigenvalue weighted by molar-refractivity contribution is 5.74. The average Bonchev–Trinajstić information content (AvgIpc) is 1.63. The lowest BCUT2D eigenvalue weighted by atomic mass is 10.4. The van der Waals surface area contributed by atoms with Gasteiger partial charge in [-0.1, -0.05) is 0 Å². The summed E-state index contributed by atoms with van der Waals surface area (Å²) in [4.78, 5) is 10.4. The minimum Gasteiger partial charge on any atom is -0.461 e. The molecule has 0 radical (unpaired) electrons. The van der Waals surface area contributed by atoms with Crippen molar-refractivity contribution in [3.8, 4) is 0 Å². The molecule has 9 heavy (non-hydrogen) atoms. The van der Waals surface area contributed by atoms with E-state index in [-0.39, 0.29) is 6.10 Å². The van der Waals surface area contributed by atoms with Crippen LogP contribution in [0.1, 0.15) is 20.8 Å². The molecule has 0 amide bonds. The van der Waals surface area contributed by atoms with E-state index >= 15 is 0 Å². The van der Waals surface area contributed by atoms with Crippen molar-refractivity contribution in [2.45, 2.75) is 33.0 Å². The lowest BCUT2D eigenvalue weighted by molar-refractivity contribution is -0.152. The van der Waals surface area contributed by atoms with Crippen molar-refractivity contribution in [1.29, 1.82) is 0 Å². The zero-order valence-electron chi connectivity index (χ0n) is 5.85. The summed E-state index contributed by atoms with van der Waals surface area (Å²) in [5, 5.41) is 0. The lowest BCUT2D eigenvalue weighted by Gasteiger charge is -2.07. The van der Waals surface area contributed by atoms with Crippen molar-refractivity contribution in [3.63, 3.8) is 0 Å². The second-order valence-electron chi connectivity index (χ2n) is 2.10. The van der Waals surface area contributed by atoms with E-state index in [0.717, 1.165) is 6.92 Å². The fourth-order valence-corrected chi connectivity index (χ4v) is 0.326. The molecule has 54 valence electrons. The first-order chi connectivity index (χ1) is 4.04. The van der Waals surface area contributed by atoms with E-state index in [1.807, 2.05) is 0 Å². The highest BCUT2D eigenvalue weighted by Crippen LogP contribution is 1.96. The van der Waals surface area contributed by atoms with Crippen LogP contribution in [0.4, 0.5) is 4.39 Å². The molecule has 0 spiro atoms. The molecule has 0 unspecified atom stereocenters. The Labute approximate surface area is 54.0 Å². The zero-order valence-corrected chi connectivity index (χ0v) is 5.85. The van der Waals surface area contributed by atoms with E-state index in [1.165, 1.54) is 0 Å². The summed E-state index contributed by atoms with van der Waals surface area (Å²) >= 11 is 0. The van der Waals surface area contributed by atoms with Crippen LogP contribution in [0.5, 0.6) is 0 Å². The summed E-state index contributed by atoms with van der Waals surface area (Å²) in [6.45, 7) is 4.52. The number of esters is 1. The predicted molar refractivity (Wildman–Crippen MR) is 31.8 cm³/mol. The molecule has 0 heterocycles. The average molecular weight is 134 g/mol. The summed E-state index contributed by atoms with van der Waals surface area (Å²) in [5.41, 5.74) is 0.